The predicted molar refractivity (Wildman–Crippen MR) is 69.4 cm³/mol. The zero-order valence-corrected chi connectivity index (χ0v) is 10.2. The number of para-hydroxylation sites is 1. The molecule has 1 atom stereocenters. The van der Waals surface area contributed by atoms with Crippen molar-refractivity contribution in [3.05, 3.63) is 29.8 Å². The summed E-state index contributed by atoms with van der Waals surface area (Å²) >= 11 is 0. The van der Waals surface area contributed by atoms with Gasteiger partial charge in [0.25, 0.3) is 0 Å². The molecule has 3 heteroatoms. The van der Waals surface area contributed by atoms with E-state index in [0.29, 0.717) is 6.04 Å². The molecule has 1 aromatic rings. The Labute approximate surface area is 103 Å². The average Bonchev–Trinajstić information content (AvgIpc) is 2.39. The minimum Gasteiger partial charge on any atom is -0.395 e. The summed E-state index contributed by atoms with van der Waals surface area (Å²) in [4.78, 5) is 4.95. The number of benzene rings is 1. The van der Waals surface area contributed by atoms with Gasteiger partial charge in [-0.15, -0.1) is 0 Å². The van der Waals surface area contributed by atoms with Crippen molar-refractivity contribution in [1.82, 2.24) is 4.90 Å². The summed E-state index contributed by atoms with van der Waals surface area (Å²) in [5.41, 5.74) is 2.94. The van der Waals surface area contributed by atoms with E-state index < -0.39 is 0 Å². The van der Waals surface area contributed by atoms with Gasteiger partial charge in [0.1, 0.15) is 0 Å². The quantitative estimate of drug-likeness (QED) is 0.827. The van der Waals surface area contributed by atoms with Gasteiger partial charge in [0, 0.05) is 37.9 Å². The lowest BCUT2D eigenvalue weighted by molar-refractivity contribution is 0.166. The van der Waals surface area contributed by atoms with Crippen molar-refractivity contribution < 1.29 is 5.11 Å². The fraction of sp³-hybridized carbons (Fsp3) is 0.571. The van der Waals surface area contributed by atoms with E-state index >= 15 is 0 Å². The van der Waals surface area contributed by atoms with Crippen LogP contribution in [0, 0.1) is 0 Å². The lowest BCUT2D eigenvalue weighted by atomic mass is 9.94. The summed E-state index contributed by atoms with van der Waals surface area (Å²) in [6.07, 6.45) is 2.45. The summed E-state index contributed by atoms with van der Waals surface area (Å²) in [5.74, 6) is 0. The number of aryl methyl sites for hydroxylation is 1. The summed E-state index contributed by atoms with van der Waals surface area (Å²) in [6, 6.07) is 9.43. The fourth-order valence-corrected chi connectivity index (χ4v) is 3.15. The number of nitrogens with zero attached hydrogens (tertiary/aromatic N) is 2. The molecule has 0 saturated carbocycles. The lowest BCUT2D eigenvalue weighted by Crippen LogP contribution is -2.55. The Morgan fingerprint density at radius 3 is 3.00 bits per heavy atom. The molecule has 0 aliphatic carbocycles. The van der Waals surface area contributed by atoms with Crippen LogP contribution in [0.15, 0.2) is 24.3 Å². The van der Waals surface area contributed by atoms with Gasteiger partial charge in [0.2, 0.25) is 0 Å². The summed E-state index contributed by atoms with van der Waals surface area (Å²) in [6.45, 7) is 4.39. The first-order chi connectivity index (χ1) is 8.38. The average molecular weight is 232 g/mol. The molecule has 0 aromatic heterocycles. The molecule has 1 aromatic carbocycles. The maximum Gasteiger partial charge on any atom is 0.0558 e. The first-order valence-corrected chi connectivity index (χ1v) is 6.56. The van der Waals surface area contributed by atoms with Crippen LogP contribution in [0.3, 0.4) is 0 Å². The Morgan fingerprint density at radius 2 is 2.12 bits per heavy atom. The number of piperazine rings is 1. The molecule has 92 valence electrons. The van der Waals surface area contributed by atoms with Crippen LogP contribution in [0.5, 0.6) is 0 Å². The second-order valence-corrected chi connectivity index (χ2v) is 5.04. The molecule has 3 rings (SSSR count). The van der Waals surface area contributed by atoms with E-state index in [0.717, 1.165) is 26.2 Å². The fourth-order valence-electron chi connectivity index (χ4n) is 3.15. The molecule has 3 nitrogen and oxygen atoms in total. The maximum absolute atomic E-state index is 9.02. The van der Waals surface area contributed by atoms with Crippen LogP contribution in [0.25, 0.3) is 0 Å². The van der Waals surface area contributed by atoms with Crippen LogP contribution in [0.1, 0.15) is 12.0 Å². The normalized spacial score (nSPS) is 24.3. The van der Waals surface area contributed by atoms with Crippen LogP contribution in [0.4, 0.5) is 5.69 Å². The standard InChI is InChI=1S/C14H20N2O/c17-10-9-15-7-8-16-13(11-15)6-5-12-3-1-2-4-14(12)16/h1-4,13,17H,5-11H2. The van der Waals surface area contributed by atoms with Gasteiger partial charge in [-0.2, -0.15) is 0 Å². The maximum atomic E-state index is 9.02. The number of fused-ring (bicyclic) bond motifs is 3. The van der Waals surface area contributed by atoms with Gasteiger partial charge in [-0.25, -0.2) is 0 Å². The largest absolute Gasteiger partial charge is 0.395 e. The molecule has 1 unspecified atom stereocenters. The van der Waals surface area contributed by atoms with Gasteiger partial charge in [-0.1, -0.05) is 18.2 Å². The minimum atomic E-state index is 0.281. The number of aliphatic hydroxyl groups excluding tert-OH is 1. The highest BCUT2D eigenvalue weighted by Gasteiger charge is 2.30. The first kappa shape index (κ1) is 11.1. The van der Waals surface area contributed by atoms with Crippen LogP contribution < -0.4 is 4.90 Å². The highest BCUT2D eigenvalue weighted by Crippen LogP contribution is 2.32. The van der Waals surface area contributed by atoms with Crippen LogP contribution in [-0.2, 0) is 6.42 Å². The monoisotopic (exact) mass is 232 g/mol. The number of rotatable bonds is 2. The van der Waals surface area contributed by atoms with Gasteiger partial charge in [-0.05, 0) is 24.5 Å². The van der Waals surface area contributed by atoms with Gasteiger partial charge in [-0.3, -0.25) is 4.90 Å². The van der Waals surface area contributed by atoms with E-state index in [1.807, 2.05) is 0 Å². The zero-order valence-electron chi connectivity index (χ0n) is 10.2. The molecule has 0 spiro atoms. The van der Waals surface area contributed by atoms with Crippen molar-refractivity contribution in [2.75, 3.05) is 37.7 Å². The van der Waals surface area contributed by atoms with E-state index in [-0.39, 0.29) is 6.61 Å². The molecule has 0 bridgehead atoms. The number of aliphatic hydroxyl groups is 1. The molecule has 2 aliphatic rings. The highest BCUT2D eigenvalue weighted by molar-refractivity contribution is 5.56. The topological polar surface area (TPSA) is 26.7 Å². The van der Waals surface area contributed by atoms with E-state index in [2.05, 4.69) is 34.1 Å². The molecule has 2 heterocycles. The third-order valence-electron chi connectivity index (χ3n) is 4.03. The SMILES string of the molecule is OCCN1CCN2c3ccccc3CCC2C1. The Balaban J connectivity index is 1.78. The Hall–Kier alpha value is -1.06. The molecule has 1 fully saturated rings. The van der Waals surface area contributed by atoms with Gasteiger partial charge in [0.05, 0.1) is 6.61 Å². The first-order valence-electron chi connectivity index (χ1n) is 6.56. The van der Waals surface area contributed by atoms with Crippen LogP contribution in [-0.4, -0.2) is 48.8 Å². The van der Waals surface area contributed by atoms with E-state index in [9.17, 15) is 0 Å². The number of anilines is 1. The summed E-state index contributed by atoms with van der Waals surface area (Å²) < 4.78 is 0. The van der Waals surface area contributed by atoms with Gasteiger partial charge < -0.3 is 10.0 Å². The van der Waals surface area contributed by atoms with E-state index in [4.69, 9.17) is 5.11 Å². The Kier molecular flexibility index (Phi) is 3.04. The van der Waals surface area contributed by atoms with Crippen molar-refractivity contribution in [1.29, 1.82) is 0 Å². The molecular formula is C14H20N2O. The molecule has 1 saturated heterocycles. The highest BCUT2D eigenvalue weighted by atomic mass is 16.3. The molecule has 2 aliphatic heterocycles. The van der Waals surface area contributed by atoms with Crippen molar-refractivity contribution in [3.63, 3.8) is 0 Å². The number of hydrogen-bond donors (Lipinski definition) is 1. The van der Waals surface area contributed by atoms with Gasteiger partial charge in [0.15, 0.2) is 0 Å². The Bertz CT molecular complexity index is 394. The second kappa shape index (κ2) is 4.67. The molecular weight excluding hydrogens is 212 g/mol. The lowest BCUT2D eigenvalue weighted by Gasteiger charge is -2.46. The summed E-state index contributed by atoms with van der Waals surface area (Å²) in [5, 5.41) is 9.02. The summed E-state index contributed by atoms with van der Waals surface area (Å²) in [7, 11) is 0. The second-order valence-electron chi connectivity index (χ2n) is 5.04. The van der Waals surface area contributed by atoms with Crippen molar-refractivity contribution >= 4 is 5.69 Å². The number of hydrogen-bond acceptors (Lipinski definition) is 3. The van der Waals surface area contributed by atoms with Crippen LogP contribution in [0.2, 0.25) is 0 Å². The third kappa shape index (κ3) is 2.05. The minimum absolute atomic E-state index is 0.281. The van der Waals surface area contributed by atoms with E-state index in [1.165, 1.54) is 24.1 Å². The molecule has 0 radical (unpaired) electrons. The Morgan fingerprint density at radius 1 is 1.24 bits per heavy atom. The van der Waals surface area contributed by atoms with Crippen molar-refractivity contribution in [3.8, 4) is 0 Å². The van der Waals surface area contributed by atoms with E-state index in [1.54, 1.807) is 0 Å². The van der Waals surface area contributed by atoms with Crippen molar-refractivity contribution in [2.24, 2.45) is 0 Å². The predicted octanol–water partition coefficient (Wildman–Crippen LogP) is 1.12. The van der Waals surface area contributed by atoms with Crippen LogP contribution >= 0.6 is 0 Å². The van der Waals surface area contributed by atoms with Crippen molar-refractivity contribution in [2.45, 2.75) is 18.9 Å². The zero-order chi connectivity index (χ0) is 11.7. The number of β-amino-alcohol motifs (C(OH)–C–C–N with tert-alkyl or cyclic N) is 1. The van der Waals surface area contributed by atoms with Gasteiger partial charge >= 0.3 is 0 Å². The molecule has 17 heavy (non-hydrogen) atoms. The molecule has 0 amide bonds. The smallest absolute Gasteiger partial charge is 0.0558 e. The molecule has 1 N–H and O–H groups in total. The third-order valence-corrected chi connectivity index (χ3v) is 4.03.